The fraction of sp³-hybridized carbons (Fsp3) is 0.200. The van der Waals surface area contributed by atoms with Gasteiger partial charge in [0.2, 0.25) is 0 Å². The minimum atomic E-state index is -4.12. The Morgan fingerprint density at radius 2 is 1.44 bits per heavy atom. The van der Waals surface area contributed by atoms with E-state index in [1.165, 1.54) is 0 Å². The number of hydrogen-bond acceptors (Lipinski definition) is 1. The van der Waals surface area contributed by atoms with Crippen LogP contribution >= 0.6 is 0 Å². The first-order valence-electron chi connectivity index (χ1n) is 6.18. The molecular formula is C15H15AsO2. The summed E-state index contributed by atoms with van der Waals surface area (Å²) in [6, 6.07) is 15.2. The predicted molar refractivity (Wildman–Crippen MR) is 72.9 cm³/mol. The van der Waals surface area contributed by atoms with Crippen LogP contribution in [-0.4, -0.2) is 17.9 Å². The zero-order valence-electron chi connectivity index (χ0n) is 10.2. The van der Waals surface area contributed by atoms with Gasteiger partial charge in [-0.15, -0.1) is 0 Å². The van der Waals surface area contributed by atoms with Crippen molar-refractivity contribution in [3.05, 3.63) is 59.7 Å². The second kappa shape index (κ2) is 4.15. The summed E-state index contributed by atoms with van der Waals surface area (Å²) in [4.78, 5) is 0. The Kier molecular flexibility index (Phi) is 2.73. The molecule has 2 nitrogen and oxygen atoms in total. The van der Waals surface area contributed by atoms with Gasteiger partial charge in [-0.05, 0) is 0 Å². The standard InChI is InChI=1S/C15H15AsO2/c1-2-11-12-7-3-5-9-14(12)16(17,18)15-10-6-4-8-13(11)15/h3-11H,2H2,1H3,(H,17,18). The van der Waals surface area contributed by atoms with Crippen LogP contribution in [0.25, 0.3) is 0 Å². The van der Waals surface area contributed by atoms with Crippen molar-refractivity contribution in [1.82, 2.24) is 0 Å². The van der Waals surface area contributed by atoms with E-state index in [2.05, 4.69) is 6.92 Å². The van der Waals surface area contributed by atoms with E-state index in [0.717, 1.165) is 17.5 Å². The second-order valence-corrected chi connectivity index (χ2v) is 9.09. The molecule has 92 valence electrons. The number of benzene rings is 2. The van der Waals surface area contributed by atoms with Crippen LogP contribution in [0.4, 0.5) is 0 Å². The van der Waals surface area contributed by atoms with Crippen molar-refractivity contribution in [2.24, 2.45) is 0 Å². The molecule has 1 heterocycles. The van der Waals surface area contributed by atoms with Crippen LogP contribution < -0.4 is 8.70 Å². The predicted octanol–water partition coefficient (Wildman–Crippen LogP) is 1.52. The molecule has 0 spiro atoms. The third-order valence-electron chi connectivity index (χ3n) is 3.69. The molecule has 2 aromatic carbocycles. The number of hydrogen-bond donors (Lipinski definition) is 1. The maximum absolute atomic E-state index is 12.8. The molecule has 0 unspecified atom stereocenters. The van der Waals surface area contributed by atoms with Crippen LogP contribution in [0.3, 0.4) is 0 Å². The molecular weight excluding hydrogens is 287 g/mol. The molecule has 3 rings (SSSR count). The zero-order valence-corrected chi connectivity index (χ0v) is 12.1. The number of rotatable bonds is 1. The summed E-state index contributed by atoms with van der Waals surface area (Å²) in [7, 11) is 0. The number of fused-ring (bicyclic) bond motifs is 2. The summed E-state index contributed by atoms with van der Waals surface area (Å²) >= 11 is -4.12. The van der Waals surface area contributed by atoms with Crippen molar-refractivity contribution in [2.75, 3.05) is 0 Å². The first-order valence-corrected chi connectivity index (χ1v) is 9.66. The topological polar surface area (TPSA) is 37.3 Å². The Morgan fingerprint density at radius 3 is 1.89 bits per heavy atom. The third-order valence-corrected chi connectivity index (χ3v) is 8.14. The zero-order chi connectivity index (χ0) is 12.8. The Labute approximate surface area is 109 Å². The van der Waals surface area contributed by atoms with E-state index in [0.29, 0.717) is 8.70 Å². The molecule has 3 heteroatoms. The van der Waals surface area contributed by atoms with Crippen molar-refractivity contribution in [3.63, 3.8) is 0 Å². The van der Waals surface area contributed by atoms with E-state index >= 15 is 0 Å². The molecule has 0 radical (unpaired) electrons. The van der Waals surface area contributed by atoms with Crippen LogP contribution in [-0.2, 0) is 3.74 Å². The molecule has 0 amide bonds. The van der Waals surface area contributed by atoms with Crippen molar-refractivity contribution in [2.45, 2.75) is 19.3 Å². The van der Waals surface area contributed by atoms with Gasteiger partial charge in [-0.1, -0.05) is 0 Å². The third kappa shape index (κ3) is 1.53. The first kappa shape index (κ1) is 11.8. The van der Waals surface area contributed by atoms with E-state index in [9.17, 15) is 7.84 Å². The summed E-state index contributed by atoms with van der Waals surface area (Å²) in [5.74, 6) is 0.244. The van der Waals surface area contributed by atoms with E-state index in [1.807, 2.05) is 48.5 Å². The van der Waals surface area contributed by atoms with Gasteiger partial charge >= 0.3 is 109 Å². The van der Waals surface area contributed by atoms with E-state index in [-0.39, 0.29) is 5.92 Å². The molecule has 0 saturated carbocycles. The molecule has 0 atom stereocenters. The van der Waals surface area contributed by atoms with Crippen LogP contribution in [0.2, 0.25) is 0 Å². The normalized spacial score (nSPS) is 25.3. The SMILES string of the molecule is CCC1c2ccccc2[As](=O)(O)c2ccccc21. The average molecular weight is 302 g/mol. The van der Waals surface area contributed by atoms with E-state index in [4.69, 9.17) is 0 Å². The molecule has 0 bridgehead atoms. The Balaban J connectivity index is 2.36. The molecule has 1 aliphatic heterocycles. The van der Waals surface area contributed by atoms with Gasteiger partial charge in [0.15, 0.2) is 0 Å². The van der Waals surface area contributed by atoms with Gasteiger partial charge in [0.25, 0.3) is 0 Å². The van der Waals surface area contributed by atoms with Gasteiger partial charge in [0.05, 0.1) is 0 Å². The van der Waals surface area contributed by atoms with E-state index in [1.54, 1.807) is 0 Å². The Morgan fingerprint density at radius 1 is 1.00 bits per heavy atom. The van der Waals surface area contributed by atoms with Gasteiger partial charge in [0.1, 0.15) is 0 Å². The Hall–Kier alpha value is -1.24. The Bertz CT molecular complexity index is 597. The van der Waals surface area contributed by atoms with Crippen molar-refractivity contribution in [3.8, 4) is 0 Å². The first-order chi connectivity index (χ1) is 8.66. The van der Waals surface area contributed by atoms with Crippen LogP contribution in [0.15, 0.2) is 48.5 Å². The summed E-state index contributed by atoms with van der Waals surface area (Å²) < 4.78 is 24.6. The average Bonchev–Trinajstić information content (AvgIpc) is 2.40. The summed E-state index contributed by atoms with van der Waals surface area (Å²) in [5.41, 5.74) is 2.06. The van der Waals surface area contributed by atoms with Crippen molar-refractivity contribution >= 4 is 22.5 Å². The second-order valence-electron chi connectivity index (χ2n) is 4.65. The van der Waals surface area contributed by atoms with Crippen molar-refractivity contribution < 1.29 is 7.84 Å². The fourth-order valence-electron chi connectivity index (χ4n) is 2.85. The van der Waals surface area contributed by atoms with E-state index < -0.39 is 13.8 Å². The molecule has 1 N–H and O–H groups in total. The van der Waals surface area contributed by atoms with Crippen LogP contribution in [0, 0.1) is 0 Å². The maximum atomic E-state index is 12.8. The van der Waals surface area contributed by atoms with Crippen LogP contribution in [0.1, 0.15) is 30.4 Å². The summed E-state index contributed by atoms with van der Waals surface area (Å²) in [5, 5.41) is 0. The van der Waals surface area contributed by atoms with Crippen molar-refractivity contribution in [1.29, 1.82) is 0 Å². The van der Waals surface area contributed by atoms with Gasteiger partial charge in [0, 0.05) is 0 Å². The minimum absolute atomic E-state index is 0.244. The van der Waals surface area contributed by atoms with Gasteiger partial charge in [-0.3, -0.25) is 0 Å². The molecule has 0 fully saturated rings. The monoisotopic (exact) mass is 302 g/mol. The van der Waals surface area contributed by atoms with Crippen LogP contribution in [0.5, 0.6) is 0 Å². The van der Waals surface area contributed by atoms with Gasteiger partial charge in [-0.2, -0.15) is 0 Å². The molecule has 0 aliphatic carbocycles. The molecule has 0 saturated heterocycles. The molecule has 0 aromatic heterocycles. The quantitative estimate of drug-likeness (QED) is 0.811. The van der Waals surface area contributed by atoms with Gasteiger partial charge in [-0.25, -0.2) is 0 Å². The molecule has 2 aromatic rings. The summed E-state index contributed by atoms with van der Waals surface area (Å²) in [6.07, 6.45) is 0.948. The fourth-order valence-corrected chi connectivity index (χ4v) is 7.04. The molecule has 18 heavy (non-hydrogen) atoms. The molecule has 1 aliphatic rings. The summed E-state index contributed by atoms with van der Waals surface area (Å²) in [6.45, 7) is 2.12. The van der Waals surface area contributed by atoms with Gasteiger partial charge < -0.3 is 0 Å².